The highest BCUT2D eigenvalue weighted by atomic mass is 16.5. The molecule has 3 aromatic rings. The Kier molecular flexibility index (Phi) is 3.98. The molecule has 23 heavy (non-hydrogen) atoms. The third-order valence-electron chi connectivity index (χ3n) is 3.36. The molecule has 0 fully saturated rings. The van der Waals surface area contributed by atoms with Crippen LogP contribution in [0.5, 0.6) is 11.5 Å². The molecule has 1 aromatic heterocycles. The Morgan fingerprint density at radius 3 is 2.87 bits per heavy atom. The van der Waals surface area contributed by atoms with Crippen LogP contribution in [0.15, 0.2) is 47.3 Å². The van der Waals surface area contributed by atoms with Crippen LogP contribution in [0.3, 0.4) is 0 Å². The van der Waals surface area contributed by atoms with Gasteiger partial charge in [-0.05, 0) is 24.3 Å². The number of fused-ring (bicyclic) bond motifs is 1. The number of H-pyrrole nitrogens is 1. The van der Waals surface area contributed by atoms with Crippen molar-refractivity contribution in [2.24, 2.45) is 0 Å². The molecule has 1 heterocycles. The minimum atomic E-state index is -0.194. The number of aromatic amines is 1. The average Bonchev–Trinajstić information content (AvgIpc) is 2.59. The first kappa shape index (κ1) is 14.7. The SMILES string of the molecule is C#CCOc1ccc(-c2nc3ccccc3c(=O)[nH]2)c(OC)c1. The molecule has 5 nitrogen and oxygen atoms in total. The molecule has 0 unspecified atom stereocenters. The molecule has 0 aliphatic rings. The van der Waals surface area contributed by atoms with Crippen molar-refractivity contribution in [2.45, 2.75) is 0 Å². The number of aromatic nitrogens is 2. The van der Waals surface area contributed by atoms with Gasteiger partial charge in [-0.15, -0.1) is 6.42 Å². The second-order valence-corrected chi connectivity index (χ2v) is 4.79. The summed E-state index contributed by atoms with van der Waals surface area (Å²) < 4.78 is 10.8. The predicted octanol–water partition coefficient (Wildman–Crippen LogP) is 2.61. The van der Waals surface area contributed by atoms with Gasteiger partial charge in [-0.1, -0.05) is 18.1 Å². The highest BCUT2D eigenvalue weighted by molar-refractivity contribution is 5.80. The zero-order valence-electron chi connectivity index (χ0n) is 12.5. The largest absolute Gasteiger partial charge is 0.496 e. The molecule has 5 heteroatoms. The van der Waals surface area contributed by atoms with Gasteiger partial charge >= 0.3 is 0 Å². The minimum absolute atomic E-state index is 0.174. The third kappa shape index (κ3) is 2.87. The number of para-hydroxylation sites is 1. The van der Waals surface area contributed by atoms with Gasteiger partial charge in [-0.25, -0.2) is 4.98 Å². The van der Waals surface area contributed by atoms with E-state index in [1.54, 1.807) is 43.5 Å². The number of benzene rings is 2. The van der Waals surface area contributed by atoms with E-state index in [2.05, 4.69) is 15.9 Å². The number of nitrogens with zero attached hydrogens (tertiary/aromatic N) is 1. The van der Waals surface area contributed by atoms with E-state index in [0.717, 1.165) is 0 Å². The molecule has 0 spiro atoms. The molecule has 0 aliphatic heterocycles. The van der Waals surface area contributed by atoms with Crippen molar-refractivity contribution in [3.8, 4) is 35.2 Å². The van der Waals surface area contributed by atoms with Gasteiger partial charge in [0, 0.05) is 6.07 Å². The number of ether oxygens (including phenoxy) is 2. The lowest BCUT2D eigenvalue weighted by molar-refractivity contribution is 0.363. The topological polar surface area (TPSA) is 64.2 Å². The van der Waals surface area contributed by atoms with Crippen LogP contribution >= 0.6 is 0 Å². The fraction of sp³-hybridized carbons (Fsp3) is 0.111. The molecule has 1 N–H and O–H groups in total. The maximum atomic E-state index is 12.2. The summed E-state index contributed by atoms with van der Waals surface area (Å²) in [5, 5.41) is 0.546. The molecule has 0 bridgehead atoms. The van der Waals surface area contributed by atoms with Crippen LogP contribution in [-0.4, -0.2) is 23.7 Å². The molecule has 0 aliphatic carbocycles. The Balaban J connectivity index is 2.11. The van der Waals surface area contributed by atoms with E-state index in [1.165, 1.54) is 0 Å². The molecule has 0 saturated carbocycles. The van der Waals surface area contributed by atoms with Crippen LogP contribution < -0.4 is 15.0 Å². The van der Waals surface area contributed by atoms with E-state index in [9.17, 15) is 4.79 Å². The lowest BCUT2D eigenvalue weighted by Gasteiger charge is -2.11. The molecule has 0 radical (unpaired) electrons. The predicted molar refractivity (Wildman–Crippen MR) is 88.7 cm³/mol. The van der Waals surface area contributed by atoms with Crippen molar-refractivity contribution < 1.29 is 9.47 Å². The van der Waals surface area contributed by atoms with Crippen molar-refractivity contribution >= 4 is 10.9 Å². The quantitative estimate of drug-likeness (QED) is 0.753. The zero-order valence-corrected chi connectivity index (χ0v) is 12.5. The Morgan fingerprint density at radius 1 is 1.26 bits per heavy atom. The van der Waals surface area contributed by atoms with Crippen molar-refractivity contribution in [2.75, 3.05) is 13.7 Å². The highest BCUT2D eigenvalue weighted by Gasteiger charge is 2.12. The standard InChI is InChI=1S/C18H14N2O3/c1-3-10-23-12-8-9-14(16(11-12)22-2)17-19-15-7-5-4-6-13(15)18(21)20-17/h1,4-9,11H,10H2,2H3,(H,19,20,21). The molecule has 0 saturated heterocycles. The van der Waals surface area contributed by atoms with Crippen LogP contribution in [0.1, 0.15) is 0 Å². The molecule has 0 amide bonds. The summed E-state index contributed by atoms with van der Waals surface area (Å²) >= 11 is 0. The van der Waals surface area contributed by atoms with Crippen LogP contribution in [0.25, 0.3) is 22.3 Å². The van der Waals surface area contributed by atoms with E-state index in [4.69, 9.17) is 15.9 Å². The summed E-state index contributed by atoms with van der Waals surface area (Å²) in [6.45, 7) is 0.174. The lowest BCUT2D eigenvalue weighted by Crippen LogP contribution is -2.09. The van der Waals surface area contributed by atoms with Gasteiger partial charge in [-0.2, -0.15) is 0 Å². The third-order valence-corrected chi connectivity index (χ3v) is 3.36. The fourth-order valence-corrected chi connectivity index (χ4v) is 2.30. The van der Waals surface area contributed by atoms with Crippen molar-refractivity contribution in [1.82, 2.24) is 9.97 Å². The number of terminal acetylenes is 1. The maximum Gasteiger partial charge on any atom is 0.259 e. The van der Waals surface area contributed by atoms with E-state index in [1.807, 2.05) is 6.07 Å². The van der Waals surface area contributed by atoms with Crippen LogP contribution in [-0.2, 0) is 0 Å². The summed E-state index contributed by atoms with van der Waals surface area (Å²) in [5.74, 6) is 3.97. The van der Waals surface area contributed by atoms with Crippen molar-refractivity contribution in [1.29, 1.82) is 0 Å². The number of hydrogen-bond donors (Lipinski definition) is 1. The van der Waals surface area contributed by atoms with Gasteiger partial charge in [0.15, 0.2) is 0 Å². The van der Waals surface area contributed by atoms with Crippen LogP contribution in [0, 0.1) is 12.3 Å². The molecule has 114 valence electrons. The number of hydrogen-bond acceptors (Lipinski definition) is 4. The van der Waals surface area contributed by atoms with Gasteiger partial charge in [-0.3, -0.25) is 4.79 Å². The summed E-state index contributed by atoms with van der Waals surface area (Å²) in [6.07, 6.45) is 5.18. The number of rotatable bonds is 4. The van der Waals surface area contributed by atoms with Crippen molar-refractivity contribution in [3.63, 3.8) is 0 Å². The summed E-state index contributed by atoms with van der Waals surface area (Å²) in [5.41, 5.74) is 1.10. The first-order valence-corrected chi connectivity index (χ1v) is 6.96. The summed E-state index contributed by atoms with van der Waals surface area (Å²) in [6, 6.07) is 12.4. The Bertz CT molecular complexity index is 954. The van der Waals surface area contributed by atoms with Crippen LogP contribution in [0.4, 0.5) is 0 Å². The molecule has 2 aromatic carbocycles. The van der Waals surface area contributed by atoms with Gasteiger partial charge in [0.1, 0.15) is 23.9 Å². The van der Waals surface area contributed by atoms with Gasteiger partial charge in [0.05, 0.1) is 23.6 Å². The van der Waals surface area contributed by atoms with E-state index in [-0.39, 0.29) is 12.2 Å². The Morgan fingerprint density at radius 2 is 2.09 bits per heavy atom. The average molecular weight is 306 g/mol. The normalized spacial score (nSPS) is 10.3. The number of methoxy groups -OCH3 is 1. The molecular weight excluding hydrogens is 292 g/mol. The van der Waals surface area contributed by atoms with Crippen LogP contribution in [0.2, 0.25) is 0 Å². The first-order chi connectivity index (χ1) is 11.2. The monoisotopic (exact) mass is 306 g/mol. The second kappa shape index (κ2) is 6.24. The Hall–Kier alpha value is -3.26. The van der Waals surface area contributed by atoms with Gasteiger partial charge < -0.3 is 14.5 Å². The van der Waals surface area contributed by atoms with Gasteiger partial charge in [0.2, 0.25) is 0 Å². The van der Waals surface area contributed by atoms with E-state index in [0.29, 0.717) is 33.8 Å². The van der Waals surface area contributed by atoms with Crippen molar-refractivity contribution in [3.05, 3.63) is 52.8 Å². The van der Waals surface area contributed by atoms with E-state index >= 15 is 0 Å². The Labute approximate surface area is 132 Å². The lowest BCUT2D eigenvalue weighted by atomic mass is 10.1. The molecular formula is C18H14N2O3. The fourth-order valence-electron chi connectivity index (χ4n) is 2.30. The maximum absolute atomic E-state index is 12.2. The zero-order chi connectivity index (χ0) is 16.2. The number of nitrogens with one attached hydrogen (secondary N) is 1. The molecule has 3 rings (SSSR count). The highest BCUT2D eigenvalue weighted by Crippen LogP contribution is 2.31. The summed E-state index contributed by atoms with van der Waals surface area (Å²) in [7, 11) is 1.54. The van der Waals surface area contributed by atoms with Gasteiger partial charge in [0.25, 0.3) is 5.56 Å². The smallest absolute Gasteiger partial charge is 0.259 e. The summed E-state index contributed by atoms with van der Waals surface area (Å²) in [4.78, 5) is 19.5. The van der Waals surface area contributed by atoms with E-state index < -0.39 is 0 Å². The minimum Gasteiger partial charge on any atom is -0.496 e. The first-order valence-electron chi connectivity index (χ1n) is 6.96. The second-order valence-electron chi connectivity index (χ2n) is 4.79. The molecule has 0 atom stereocenters.